The van der Waals surface area contributed by atoms with Gasteiger partial charge in [0.1, 0.15) is 6.54 Å². The zero-order valence-electron chi connectivity index (χ0n) is 25.5. The smallest absolute Gasteiger partial charge is 0.416 e. The van der Waals surface area contributed by atoms with Crippen LogP contribution in [0.25, 0.3) is 10.9 Å². The maximum Gasteiger partial charge on any atom is 0.416 e. The molecule has 0 spiro atoms. The Bertz CT molecular complexity index is 1880. The number of aliphatic hydroxyl groups excluding tert-OH is 1. The van der Waals surface area contributed by atoms with Crippen LogP contribution in [0.1, 0.15) is 39.5 Å². The van der Waals surface area contributed by atoms with Gasteiger partial charge in [-0.15, -0.1) is 0 Å². The third kappa shape index (κ3) is 7.77. The number of hydrogen-bond acceptors (Lipinski definition) is 6. The number of anilines is 1. The third-order valence-electron chi connectivity index (χ3n) is 8.17. The van der Waals surface area contributed by atoms with Crippen molar-refractivity contribution in [3.63, 3.8) is 0 Å². The quantitative estimate of drug-likeness (QED) is 0.179. The summed E-state index contributed by atoms with van der Waals surface area (Å²) in [5, 5.41) is 27.2. The largest absolute Gasteiger partial charge is 0.480 e. The van der Waals surface area contributed by atoms with Crippen LogP contribution >= 0.6 is 0 Å². The Hall–Kier alpha value is -4.40. The van der Waals surface area contributed by atoms with Gasteiger partial charge in [0.15, 0.2) is 0 Å². The van der Waals surface area contributed by atoms with E-state index in [1.165, 1.54) is 18.2 Å². The number of carboxylic acids is 1. The minimum absolute atomic E-state index is 0.0394. The zero-order chi connectivity index (χ0) is 33.9. The highest BCUT2D eigenvalue weighted by atomic mass is 32.2. The fourth-order valence-corrected chi connectivity index (χ4v) is 7.21. The molecule has 0 aliphatic carbocycles. The van der Waals surface area contributed by atoms with Crippen molar-refractivity contribution in [2.45, 2.75) is 51.2 Å². The van der Waals surface area contributed by atoms with E-state index in [0.29, 0.717) is 22.9 Å². The van der Waals surface area contributed by atoms with Crippen molar-refractivity contribution in [1.29, 1.82) is 0 Å². The number of benzene rings is 3. The second-order valence-electron chi connectivity index (χ2n) is 11.5. The maximum absolute atomic E-state index is 13.8. The monoisotopic (exact) mass is 672 g/mol. The number of halogens is 3. The van der Waals surface area contributed by atoms with Gasteiger partial charge in [0, 0.05) is 36.8 Å². The second-order valence-corrected chi connectivity index (χ2v) is 13.5. The lowest BCUT2D eigenvalue weighted by Gasteiger charge is -2.26. The first-order chi connectivity index (χ1) is 22.3. The lowest BCUT2D eigenvalue weighted by atomic mass is 9.99. The standard InChI is InChI=1S/C33H35F3N4O6S/c1-2-23-19-39-11-12-47(45,46)40(20-30(42)43)28-16-24(15-26(23)31(28)39)32(44)38-27(14-21-7-4-3-5-8-21)29(41)18-37-17-22-9-6-10-25(13-22)33(34,35)36/h3-10,13,15-16,19,27,29,37,41H,2,11-12,14,17-18,20H2,1H3,(H,38,44)(H,42,43)/t27-,29+/m0/s1. The molecule has 0 unspecified atom stereocenters. The predicted molar refractivity (Wildman–Crippen MR) is 171 cm³/mol. The van der Waals surface area contributed by atoms with E-state index < -0.39 is 52.3 Å². The summed E-state index contributed by atoms with van der Waals surface area (Å²) in [6.45, 7) is 1.19. The Morgan fingerprint density at radius 1 is 1.02 bits per heavy atom. The number of nitrogens with zero attached hydrogens (tertiary/aromatic N) is 2. The van der Waals surface area contributed by atoms with Gasteiger partial charge in [-0.25, -0.2) is 8.42 Å². The van der Waals surface area contributed by atoms with E-state index in [4.69, 9.17) is 0 Å². The van der Waals surface area contributed by atoms with Gasteiger partial charge < -0.3 is 25.4 Å². The Morgan fingerprint density at radius 2 is 1.74 bits per heavy atom. The molecular formula is C33H35F3N4O6S. The number of nitrogens with one attached hydrogen (secondary N) is 2. The molecule has 1 aliphatic heterocycles. The summed E-state index contributed by atoms with van der Waals surface area (Å²) in [5.74, 6) is -2.29. The van der Waals surface area contributed by atoms with Crippen LogP contribution in [0.5, 0.6) is 0 Å². The van der Waals surface area contributed by atoms with Crippen LogP contribution in [0.4, 0.5) is 18.9 Å². The van der Waals surface area contributed by atoms with Gasteiger partial charge in [-0.3, -0.25) is 13.9 Å². The molecular weight excluding hydrogens is 637 g/mol. The van der Waals surface area contributed by atoms with Crippen molar-refractivity contribution < 1.29 is 41.4 Å². The molecule has 2 heterocycles. The Labute approximate surface area is 269 Å². The normalized spacial score (nSPS) is 15.6. The molecule has 3 aromatic carbocycles. The van der Waals surface area contributed by atoms with E-state index in [-0.39, 0.29) is 43.1 Å². The number of alkyl halides is 3. The lowest BCUT2D eigenvalue weighted by molar-refractivity contribution is -0.137. The van der Waals surface area contributed by atoms with Crippen molar-refractivity contribution >= 4 is 38.5 Å². The topological polar surface area (TPSA) is 141 Å². The zero-order valence-corrected chi connectivity index (χ0v) is 26.3. The number of aromatic nitrogens is 1. The number of aryl methyl sites for hydroxylation is 2. The van der Waals surface area contributed by atoms with Crippen LogP contribution in [0, 0.1) is 0 Å². The fraction of sp³-hybridized carbons (Fsp3) is 0.333. The van der Waals surface area contributed by atoms with E-state index in [1.54, 1.807) is 10.6 Å². The molecule has 2 atom stereocenters. The van der Waals surface area contributed by atoms with Crippen molar-refractivity contribution in [3.05, 3.63) is 101 Å². The molecule has 250 valence electrons. The molecule has 1 aromatic heterocycles. The number of sulfonamides is 1. The summed E-state index contributed by atoms with van der Waals surface area (Å²) in [6, 6.07) is 16.1. The number of carbonyl (C=O) groups excluding carboxylic acids is 1. The van der Waals surface area contributed by atoms with Crippen molar-refractivity contribution in [1.82, 2.24) is 15.2 Å². The molecule has 5 rings (SSSR count). The average molecular weight is 673 g/mol. The van der Waals surface area contributed by atoms with Crippen LogP contribution < -0.4 is 14.9 Å². The lowest BCUT2D eigenvalue weighted by Crippen LogP contribution is -2.48. The molecule has 10 nitrogen and oxygen atoms in total. The number of carboxylic acid groups (broad SMARTS) is 1. The number of hydrogen-bond donors (Lipinski definition) is 4. The Kier molecular flexibility index (Phi) is 9.94. The highest BCUT2D eigenvalue weighted by Gasteiger charge is 2.33. The van der Waals surface area contributed by atoms with Gasteiger partial charge in [-0.05, 0) is 47.7 Å². The predicted octanol–water partition coefficient (Wildman–Crippen LogP) is 3.95. The van der Waals surface area contributed by atoms with Gasteiger partial charge in [0.05, 0.1) is 34.7 Å². The first kappa shape index (κ1) is 33.9. The number of aliphatic hydroxyl groups is 1. The highest BCUT2D eigenvalue weighted by molar-refractivity contribution is 7.92. The fourth-order valence-electron chi connectivity index (χ4n) is 5.81. The summed E-state index contributed by atoms with van der Waals surface area (Å²) in [6.07, 6.45) is -3.06. The molecule has 1 aliphatic rings. The van der Waals surface area contributed by atoms with Crippen LogP contribution in [-0.2, 0) is 46.9 Å². The second kappa shape index (κ2) is 13.8. The molecule has 14 heteroatoms. The minimum Gasteiger partial charge on any atom is -0.480 e. The van der Waals surface area contributed by atoms with Gasteiger partial charge >= 0.3 is 12.1 Å². The average Bonchev–Trinajstić information content (AvgIpc) is 3.35. The SMILES string of the molecule is CCc1cn2c3c(cc(C(=O)N[C@@H](Cc4ccccc4)[C@H](O)CNCc4cccc(C(F)(F)F)c4)cc13)N(CC(=O)O)S(=O)(=O)CC2. The number of amides is 1. The van der Waals surface area contributed by atoms with Crippen LogP contribution in [-0.4, -0.2) is 66.1 Å². The van der Waals surface area contributed by atoms with E-state index in [1.807, 2.05) is 43.5 Å². The summed E-state index contributed by atoms with van der Waals surface area (Å²) in [5.41, 5.74) is 1.92. The van der Waals surface area contributed by atoms with Crippen LogP contribution in [0.2, 0.25) is 0 Å². The first-order valence-electron chi connectivity index (χ1n) is 15.0. The molecule has 0 bridgehead atoms. The highest BCUT2D eigenvalue weighted by Crippen LogP contribution is 2.36. The summed E-state index contributed by atoms with van der Waals surface area (Å²) in [7, 11) is -4.03. The number of rotatable bonds is 12. The Balaban J connectivity index is 1.43. The van der Waals surface area contributed by atoms with Crippen LogP contribution in [0.3, 0.4) is 0 Å². The van der Waals surface area contributed by atoms with E-state index in [2.05, 4.69) is 10.6 Å². The summed E-state index contributed by atoms with van der Waals surface area (Å²) >= 11 is 0. The summed E-state index contributed by atoms with van der Waals surface area (Å²) in [4.78, 5) is 25.6. The Morgan fingerprint density at radius 3 is 2.43 bits per heavy atom. The van der Waals surface area contributed by atoms with Crippen molar-refractivity contribution in [2.75, 3.05) is 23.1 Å². The number of carbonyl (C=O) groups is 2. The van der Waals surface area contributed by atoms with E-state index in [0.717, 1.165) is 27.6 Å². The van der Waals surface area contributed by atoms with Gasteiger partial charge in [-0.2, -0.15) is 13.2 Å². The molecule has 1 amide bonds. The van der Waals surface area contributed by atoms with Gasteiger partial charge in [-0.1, -0.05) is 55.5 Å². The van der Waals surface area contributed by atoms with Crippen molar-refractivity contribution in [3.8, 4) is 0 Å². The van der Waals surface area contributed by atoms with Crippen molar-refractivity contribution in [2.24, 2.45) is 0 Å². The molecule has 0 fully saturated rings. The molecule has 0 radical (unpaired) electrons. The third-order valence-corrected chi connectivity index (χ3v) is 9.86. The number of aliphatic carboxylic acids is 1. The first-order valence-corrected chi connectivity index (χ1v) is 16.7. The summed E-state index contributed by atoms with van der Waals surface area (Å²) < 4.78 is 68.4. The molecule has 47 heavy (non-hydrogen) atoms. The molecule has 4 aromatic rings. The minimum atomic E-state index is -4.49. The van der Waals surface area contributed by atoms with Gasteiger partial charge in [0.2, 0.25) is 10.0 Å². The van der Waals surface area contributed by atoms with Gasteiger partial charge in [0.25, 0.3) is 5.91 Å². The van der Waals surface area contributed by atoms with Crippen LogP contribution in [0.15, 0.2) is 72.9 Å². The molecule has 0 saturated heterocycles. The molecule has 4 N–H and O–H groups in total. The maximum atomic E-state index is 13.8. The van der Waals surface area contributed by atoms with E-state index in [9.17, 15) is 41.4 Å². The van der Waals surface area contributed by atoms with E-state index >= 15 is 0 Å². The molecule has 0 saturated carbocycles.